The zero-order chi connectivity index (χ0) is 20.5. The molecule has 0 spiro atoms. The Morgan fingerprint density at radius 3 is 2.59 bits per heavy atom. The zero-order valence-corrected chi connectivity index (χ0v) is 16.2. The van der Waals surface area contributed by atoms with E-state index in [0.29, 0.717) is 29.9 Å². The molecule has 2 aromatic rings. The van der Waals surface area contributed by atoms with Crippen molar-refractivity contribution in [2.24, 2.45) is 5.92 Å². The molecule has 2 saturated heterocycles. The van der Waals surface area contributed by atoms with Gasteiger partial charge in [0.25, 0.3) is 0 Å². The monoisotopic (exact) mass is 395 g/mol. The van der Waals surface area contributed by atoms with Crippen molar-refractivity contribution in [1.29, 1.82) is 0 Å². The van der Waals surface area contributed by atoms with Gasteiger partial charge >= 0.3 is 0 Å². The summed E-state index contributed by atoms with van der Waals surface area (Å²) < 4.78 is 13.9. The SMILES string of the molecule is Cc1ccc(N2C[C@H](C(=O)Nc3cccc(N4CCCC4=O)c3)CC2=O)cc1F. The molecule has 0 bridgehead atoms. The molecule has 2 aliphatic heterocycles. The number of carbonyl (C=O) groups excluding carboxylic acids is 3. The standard InChI is InChI=1S/C22H22FN3O3/c1-14-7-8-18(12-19(14)23)26-13-15(10-21(26)28)22(29)24-16-4-2-5-17(11-16)25-9-3-6-20(25)27/h2,4-5,7-8,11-12,15H,3,6,9-10,13H2,1H3,(H,24,29)/t15-/m1/s1. The third-order valence-corrected chi connectivity index (χ3v) is 5.46. The van der Waals surface area contributed by atoms with Crippen molar-refractivity contribution >= 4 is 34.8 Å². The summed E-state index contributed by atoms with van der Waals surface area (Å²) in [5.74, 6) is -1.29. The number of amides is 3. The minimum absolute atomic E-state index is 0.0750. The predicted molar refractivity (Wildman–Crippen MR) is 108 cm³/mol. The molecule has 29 heavy (non-hydrogen) atoms. The van der Waals surface area contributed by atoms with Crippen LogP contribution in [0.1, 0.15) is 24.8 Å². The van der Waals surface area contributed by atoms with E-state index in [1.165, 1.54) is 11.0 Å². The van der Waals surface area contributed by atoms with Crippen LogP contribution in [-0.4, -0.2) is 30.8 Å². The summed E-state index contributed by atoms with van der Waals surface area (Å²) in [4.78, 5) is 40.2. The molecular weight excluding hydrogens is 373 g/mol. The summed E-state index contributed by atoms with van der Waals surface area (Å²) in [5.41, 5.74) is 2.30. The molecule has 2 aromatic carbocycles. The number of nitrogens with zero attached hydrogens (tertiary/aromatic N) is 2. The summed E-state index contributed by atoms with van der Waals surface area (Å²) in [6, 6.07) is 11.8. The van der Waals surface area contributed by atoms with Crippen LogP contribution in [0.4, 0.5) is 21.5 Å². The van der Waals surface area contributed by atoms with E-state index >= 15 is 0 Å². The van der Waals surface area contributed by atoms with Crippen molar-refractivity contribution in [3.8, 4) is 0 Å². The Bertz CT molecular complexity index is 991. The van der Waals surface area contributed by atoms with Crippen LogP contribution in [0.15, 0.2) is 42.5 Å². The van der Waals surface area contributed by atoms with E-state index in [1.54, 1.807) is 42.2 Å². The van der Waals surface area contributed by atoms with Gasteiger partial charge in [0.2, 0.25) is 17.7 Å². The van der Waals surface area contributed by atoms with Gasteiger partial charge in [-0.2, -0.15) is 0 Å². The van der Waals surface area contributed by atoms with Crippen molar-refractivity contribution in [1.82, 2.24) is 0 Å². The van der Waals surface area contributed by atoms with E-state index in [0.717, 1.165) is 12.1 Å². The van der Waals surface area contributed by atoms with Crippen molar-refractivity contribution in [2.75, 3.05) is 28.2 Å². The van der Waals surface area contributed by atoms with Crippen LogP contribution < -0.4 is 15.1 Å². The van der Waals surface area contributed by atoms with Crippen molar-refractivity contribution < 1.29 is 18.8 Å². The first kappa shape index (κ1) is 19.1. The highest BCUT2D eigenvalue weighted by atomic mass is 19.1. The zero-order valence-electron chi connectivity index (χ0n) is 16.2. The largest absolute Gasteiger partial charge is 0.326 e. The molecule has 3 amide bonds. The molecule has 7 heteroatoms. The second-order valence-electron chi connectivity index (χ2n) is 7.53. The number of benzene rings is 2. The highest BCUT2D eigenvalue weighted by molar-refractivity contribution is 6.04. The molecule has 1 atom stereocenters. The Labute approximate surface area is 168 Å². The Balaban J connectivity index is 1.45. The number of nitrogens with one attached hydrogen (secondary N) is 1. The maximum Gasteiger partial charge on any atom is 0.229 e. The normalized spacial score (nSPS) is 19.2. The Morgan fingerprint density at radius 2 is 1.86 bits per heavy atom. The van der Waals surface area contributed by atoms with E-state index in [4.69, 9.17) is 0 Å². The summed E-state index contributed by atoms with van der Waals surface area (Å²) in [5, 5.41) is 2.85. The minimum atomic E-state index is -0.524. The number of anilines is 3. The molecule has 6 nitrogen and oxygen atoms in total. The van der Waals surface area contributed by atoms with Crippen molar-refractivity contribution in [3.63, 3.8) is 0 Å². The van der Waals surface area contributed by atoms with Crippen LogP contribution in [-0.2, 0) is 14.4 Å². The van der Waals surface area contributed by atoms with Crippen LogP contribution in [0.5, 0.6) is 0 Å². The summed E-state index contributed by atoms with van der Waals surface area (Å²) in [6.07, 6.45) is 1.44. The molecule has 0 radical (unpaired) electrons. The number of aryl methyl sites for hydroxylation is 1. The van der Waals surface area contributed by atoms with Gasteiger partial charge in [-0.15, -0.1) is 0 Å². The quantitative estimate of drug-likeness (QED) is 0.864. The lowest BCUT2D eigenvalue weighted by atomic mass is 10.1. The van der Waals surface area contributed by atoms with Crippen LogP contribution >= 0.6 is 0 Å². The predicted octanol–water partition coefficient (Wildman–Crippen LogP) is 3.25. The molecule has 0 unspecified atom stereocenters. The molecule has 2 aliphatic rings. The van der Waals surface area contributed by atoms with E-state index in [-0.39, 0.29) is 36.5 Å². The second kappa shape index (κ2) is 7.66. The summed E-state index contributed by atoms with van der Waals surface area (Å²) >= 11 is 0. The molecular formula is C22H22FN3O3. The molecule has 0 aromatic heterocycles. The molecule has 1 N–H and O–H groups in total. The number of carbonyl (C=O) groups is 3. The van der Waals surface area contributed by atoms with Crippen LogP contribution in [0.25, 0.3) is 0 Å². The van der Waals surface area contributed by atoms with Crippen LogP contribution in [0, 0.1) is 18.7 Å². The number of hydrogen-bond donors (Lipinski definition) is 1. The fraction of sp³-hybridized carbons (Fsp3) is 0.318. The third kappa shape index (κ3) is 3.85. The number of hydrogen-bond acceptors (Lipinski definition) is 3. The van der Waals surface area contributed by atoms with Gasteiger partial charge in [0.1, 0.15) is 5.82 Å². The van der Waals surface area contributed by atoms with Gasteiger partial charge in [0.15, 0.2) is 0 Å². The Morgan fingerprint density at radius 1 is 1.07 bits per heavy atom. The average Bonchev–Trinajstić information content (AvgIpc) is 3.30. The summed E-state index contributed by atoms with van der Waals surface area (Å²) in [6.45, 7) is 2.54. The highest BCUT2D eigenvalue weighted by Crippen LogP contribution is 2.28. The lowest BCUT2D eigenvalue weighted by Crippen LogP contribution is -2.28. The van der Waals surface area contributed by atoms with Gasteiger partial charge < -0.3 is 15.1 Å². The average molecular weight is 395 g/mol. The fourth-order valence-corrected chi connectivity index (χ4v) is 3.80. The molecule has 0 aliphatic carbocycles. The maximum atomic E-state index is 13.9. The highest BCUT2D eigenvalue weighted by Gasteiger charge is 2.35. The third-order valence-electron chi connectivity index (χ3n) is 5.46. The van der Waals surface area contributed by atoms with E-state index in [2.05, 4.69) is 5.32 Å². The fourth-order valence-electron chi connectivity index (χ4n) is 3.80. The van der Waals surface area contributed by atoms with Crippen LogP contribution in [0.2, 0.25) is 0 Å². The van der Waals surface area contributed by atoms with Gasteiger partial charge in [0.05, 0.1) is 5.92 Å². The smallest absolute Gasteiger partial charge is 0.229 e. The Kier molecular flexibility index (Phi) is 5.05. The molecule has 0 saturated carbocycles. The summed E-state index contributed by atoms with van der Waals surface area (Å²) in [7, 11) is 0. The number of rotatable bonds is 4. The second-order valence-corrected chi connectivity index (χ2v) is 7.53. The van der Waals surface area contributed by atoms with Gasteiger partial charge in [-0.1, -0.05) is 12.1 Å². The lowest BCUT2D eigenvalue weighted by Gasteiger charge is -2.18. The topological polar surface area (TPSA) is 69.7 Å². The van der Waals surface area contributed by atoms with E-state index in [9.17, 15) is 18.8 Å². The molecule has 2 fully saturated rings. The van der Waals surface area contributed by atoms with Gasteiger partial charge in [-0.25, -0.2) is 4.39 Å². The molecule has 150 valence electrons. The van der Waals surface area contributed by atoms with Gasteiger partial charge in [0, 0.05) is 43.0 Å². The first-order chi connectivity index (χ1) is 13.9. The van der Waals surface area contributed by atoms with E-state index < -0.39 is 5.92 Å². The Hall–Kier alpha value is -3.22. The number of halogens is 1. The minimum Gasteiger partial charge on any atom is -0.326 e. The molecule has 2 heterocycles. The van der Waals surface area contributed by atoms with Crippen LogP contribution in [0.3, 0.4) is 0 Å². The van der Waals surface area contributed by atoms with Gasteiger partial charge in [-0.05, 0) is 49.2 Å². The lowest BCUT2D eigenvalue weighted by molar-refractivity contribution is -0.122. The van der Waals surface area contributed by atoms with E-state index in [1.807, 2.05) is 6.07 Å². The van der Waals surface area contributed by atoms with Crippen molar-refractivity contribution in [3.05, 3.63) is 53.8 Å². The first-order valence-corrected chi connectivity index (χ1v) is 9.70. The maximum absolute atomic E-state index is 13.9. The van der Waals surface area contributed by atoms with Crippen molar-refractivity contribution in [2.45, 2.75) is 26.2 Å². The molecule has 4 rings (SSSR count). The first-order valence-electron chi connectivity index (χ1n) is 9.70. The van der Waals surface area contributed by atoms with Gasteiger partial charge in [-0.3, -0.25) is 14.4 Å².